The Balaban J connectivity index is 1.61. The van der Waals surface area contributed by atoms with Crippen LogP contribution in [0.5, 0.6) is 0 Å². The third-order valence-electron chi connectivity index (χ3n) is 3.08. The van der Waals surface area contributed by atoms with Gasteiger partial charge in [-0.25, -0.2) is 24.9 Å². The molecule has 3 aromatic heterocycles. The molecular formula is C15H17N7S. The lowest BCUT2D eigenvalue weighted by molar-refractivity contribution is 0.953. The SMILES string of the molecule is CN(C)c1nccnc1NCCc1csc(-c2ncccn2)n1. The zero-order valence-electron chi connectivity index (χ0n) is 13.0. The molecule has 0 aliphatic rings. The number of nitrogens with one attached hydrogen (secondary N) is 1. The van der Waals surface area contributed by atoms with Crippen molar-refractivity contribution in [3.05, 3.63) is 41.9 Å². The highest BCUT2D eigenvalue weighted by molar-refractivity contribution is 7.13. The maximum Gasteiger partial charge on any atom is 0.188 e. The van der Waals surface area contributed by atoms with Gasteiger partial charge >= 0.3 is 0 Å². The van der Waals surface area contributed by atoms with Gasteiger partial charge in [0.15, 0.2) is 22.5 Å². The summed E-state index contributed by atoms with van der Waals surface area (Å²) in [6.45, 7) is 0.734. The van der Waals surface area contributed by atoms with E-state index in [-0.39, 0.29) is 0 Å². The van der Waals surface area contributed by atoms with E-state index < -0.39 is 0 Å². The lowest BCUT2D eigenvalue weighted by atomic mass is 10.3. The Morgan fingerprint density at radius 3 is 2.61 bits per heavy atom. The van der Waals surface area contributed by atoms with Crippen LogP contribution in [0.4, 0.5) is 11.6 Å². The Labute approximate surface area is 138 Å². The second-order valence-electron chi connectivity index (χ2n) is 5.02. The summed E-state index contributed by atoms with van der Waals surface area (Å²) in [5, 5.41) is 6.19. The number of nitrogens with zero attached hydrogens (tertiary/aromatic N) is 6. The summed E-state index contributed by atoms with van der Waals surface area (Å²) in [6.07, 6.45) is 7.62. The first-order valence-electron chi connectivity index (χ1n) is 7.18. The predicted molar refractivity (Wildman–Crippen MR) is 91.7 cm³/mol. The molecule has 118 valence electrons. The molecule has 0 amide bonds. The van der Waals surface area contributed by atoms with Crippen LogP contribution >= 0.6 is 11.3 Å². The van der Waals surface area contributed by atoms with Crippen LogP contribution in [-0.2, 0) is 6.42 Å². The first-order chi connectivity index (χ1) is 11.2. The van der Waals surface area contributed by atoms with Crippen molar-refractivity contribution in [1.29, 1.82) is 0 Å². The van der Waals surface area contributed by atoms with E-state index >= 15 is 0 Å². The molecule has 3 aromatic rings. The first-order valence-corrected chi connectivity index (χ1v) is 8.06. The fraction of sp³-hybridized carbons (Fsp3) is 0.267. The summed E-state index contributed by atoms with van der Waals surface area (Å²) in [5.74, 6) is 2.27. The average Bonchev–Trinajstić information content (AvgIpc) is 3.05. The molecule has 0 atom stereocenters. The smallest absolute Gasteiger partial charge is 0.188 e. The topological polar surface area (TPSA) is 79.7 Å². The van der Waals surface area contributed by atoms with Crippen molar-refractivity contribution in [2.24, 2.45) is 0 Å². The third kappa shape index (κ3) is 3.78. The Morgan fingerprint density at radius 1 is 1.04 bits per heavy atom. The molecule has 0 aliphatic heterocycles. The molecule has 7 nitrogen and oxygen atoms in total. The average molecular weight is 327 g/mol. The Bertz CT molecular complexity index is 757. The quantitative estimate of drug-likeness (QED) is 0.742. The highest BCUT2D eigenvalue weighted by Crippen LogP contribution is 2.20. The molecule has 0 bridgehead atoms. The Hall–Kier alpha value is -2.61. The fourth-order valence-electron chi connectivity index (χ4n) is 2.03. The molecule has 23 heavy (non-hydrogen) atoms. The molecule has 1 N–H and O–H groups in total. The highest BCUT2D eigenvalue weighted by atomic mass is 32.1. The van der Waals surface area contributed by atoms with Gasteiger partial charge in [0.05, 0.1) is 5.69 Å². The first kappa shape index (κ1) is 15.3. The molecule has 8 heteroatoms. The zero-order chi connectivity index (χ0) is 16.1. The molecule has 0 spiro atoms. The number of hydrogen-bond donors (Lipinski definition) is 1. The molecule has 3 rings (SSSR count). The molecule has 3 heterocycles. The summed E-state index contributed by atoms with van der Waals surface area (Å²) in [5.41, 5.74) is 1.01. The van der Waals surface area contributed by atoms with Gasteiger partial charge in [0, 0.05) is 57.2 Å². The van der Waals surface area contributed by atoms with Crippen LogP contribution in [0.15, 0.2) is 36.2 Å². The van der Waals surface area contributed by atoms with Crippen LogP contribution in [0, 0.1) is 0 Å². The van der Waals surface area contributed by atoms with E-state index in [1.807, 2.05) is 24.4 Å². The van der Waals surface area contributed by atoms with Crippen LogP contribution in [0.1, 0.15) is 5.69 Å². The predicted octanol–water partition coefficient (Wildman–Crippen LogP) is 2.11. The van der Waals surface area contributed by atoms with E-state index in [0.717, 1.165) is 35.3 Å². The van der Waals surface area contributed by atoms with Gasteiger partial charge in [-0.15, -0.1) is 11.3 Å². The van der Waals surface area contributed by atoms with Crippen LogP contribution in [0.3, 0.4) is 0 Å². The monoisotopic (exact) mass is 327 g/mol. The van der Waals surface area contributed by atoms with E-state index in [2.05, 4.69) is 30.2 Å². The summed E-state index contributed by atoms with van der Waals surface area (Å²) >= 11 is 1.56. The van der Waals surface area contributed by atoms with Gasteiger partial charge in [-0.2, -0.15) is 0 Å². The summed E-state index contributed by atoms with van der Waals surface area (Å²) < 4.78 is 0. The van der Waals surface area contributed by atoms with Crippen molar-refractivity contribution in [2.75, 3.05) is 30.9 Å². The summed E-state index contributed by atoms with van der Waals surface area (Å²) in [7, 11) is 3.89. The molecule has 0 aliphatic carbocycles. The van der Waals surface area contributed by atoms with Gasteiger partial charge < -0.3 is 10.2 Å². The lowest BCUT2D eigenvalue weighted by Gasteiger charge is -2.15. The highest BCUT2D eigenvalue weighted by Gasteiger charge is 2.09. The second-order valence-corrected chi connectivity index (χ2v) is 5.87. The van der Waals surface area contributed by atoms with Crippen molar-refractivity contribution in [1.82, 2.24) is 24.9 Å². The minimum absolute atomic E-state index is 0.667. The molecular weight excluding hydrogens is 310 g/mol. The normalized spacial score (nSPS) is 10.5. The van der Waals surface area contributed by atoms with Crippen LogP contribution in [0.2, 0.25) is 0 Å². The Kier molecular flexibility index (Phi) is 4.72. The van der Waals surface area contributed by atoms with Crippen molar-refractivity contribution >= 4 is 23.0 Å². The van der Waals surface area contributed by atoms with Gasteiger partial charge in [0.2, 0.25) is 0 Å². The molecule has 0 unspecified atom stereocenters. The molecule has 0 saturated heterocycles. The fourth-order valence-corrected chi connectivity index (χ4v) is 2.82. The van der Waals surface area contributed by atoms with Crippen LogP contribution < -0.4 is 10.2 Å². The Morgan fingerprint density at radius 2 is 1.83 bits per heavy atom. The van der Waals surface area contributed by atoms with Crippen molar-refractivity contribution < 1.29 is 0 Å². The summed E-state index contributed by atoms with van der Waals surface area (Å²) in [4.78, 5) is 23.6. The van der Waals surface area contributed by atoms with Gasteiger partial charge in [-0.3, -0.25) is 0 Å². The van der Waals surface area contributed by atoms with Crippen molar-refractivity contribution in [2.45, 2.75) is 6.42 Å². The van der Waals surface area contributed by atoms with E-state index in [4.69, 9.17) is 0 Å². The molecule has 0 saturated carbocycles. The lowest BCUT2D eigenvalue weighted by Crippen LogP contribution is -2.16. The number of hydrogen-bond acceptors (Lipinski definition) is 8. The number of thiazole rings is 1. The van der Waals surface area contributed by atoms with Crippen molar-refractivity contribution in [3.63, 3.8) is 0 Å². The third-order valence-corrected chi connectivity index (χ3v) is 3.97. The van der Waals surface area contributed by atoms with Crippen molar-refractivity contribution in [3.8, 4) is 10.8 Å². The van der Waals surface area contributed by atoms with Gasteiger partial charge in [0.25, 0.3) is 0 Å². The van der Waals surface area contributed by atoms with E-state index in [9.17, 15) is 0 Å². The minimum Gasteiger partial charge on any atom is -0.367 e. The second kappa shape index (κ2) is 7.10. The van der Waals surface area contributed by atoms with E-state index in [1.54, 1.807) is 42.2 Å². The number of rotatable bonds is 6. The summed E-state index contributed by atoms with van der Waals surface area (Å²) in [6, 6.07) is 1.80. The van der Waals surface area contributed by atoms with E-state index in [1.165, 1.54) is 0 Å². The number of aromatic nitrogens is 5. The number of anilines is 2. The molecule has 0 fully saturated rings. The molecule has 0 radical (unpaired) electrons. The largest absolute Gasteiger partial charge is 0.367 e. The van der Waals surface area contributed by atoms with E-state index in [0.29, 0.717) is 5.82 Å². The molecule has 0 aromatic carbocycles. The van der Waals surface area contributed by atoms with Gasteiger partial charge in [-0.05, 0) is 6.07 Å². The van der Waals surface area contributed by atoms with Gasteiger partial charge in [-0.1, -0.05) is 0 Å². The zero-order valence-corrected chi connectivity index (χ0v) is 13.8. The van der Waals surface area contributed by atoms with Gasteiger partial charge in [0.1, 0.15) is 0 Å². The standard InChI is InChI=1S/C15H17N7S/c1-22(2)14-12(19-8-9-20-14)18-7-4-11-10-23-15(21-11)13-16-5-3-6-17-13/h3,5-6,8-10H,4,7H2,1-2H3,(H,18,19). The maximum absolute atomic E-state index is 4.58. The van der Waals surface area contributed by atoms with Crippen LogP contribution in [0.25, 0.3) is 10.8 Å². The maximum atomic E-state index is 4.58. The van der Waals surface area contributed by atoms with Crippen LogP contribution in [-0.4, -0.2) is 45.6 Å². The minimum atomic E-state index is 0.667.